The number of nitrogens with one attached hydrogen (secondary N) is 1. The summed E-state index contributed by atoms with van der Waals surface area (Å²) in [6.07, 6.45) is 0.839. The Morgan fingerprint density at radius 2 is 1.72 bits per heavy atom. The first-order valence-electron chi connectivity index (χ1n) is 9.15. The number of primary amides is 1. The van der Waals surface area contributed by atoms with Crippen molar-refractivity contribution in [1.82, 2.24) is 4.31 Å². The van der Waals surface area contributed by atoms with Gasteiger partial charge in [-0.25, -0.2) is 8.42 Å². The lowest BCUT2D eigenvalue weighted by atomic mass is 9.98. The SMILES string of the molecule is Cc1cc(S(=O)(=O)N2CCC(C(N)=O)CC2)ccc1NC(=O)c1ccc(Cl)cc1. The van der Waals surface area contributed by atoms with Gasteiger partial charge in [0.2, 0.25) is 15.9 Å². The van der Waals surface area contributed by atoms with Gasteiger partial charge in [0.25, 0.3) is 5.91 Å². The molecule has 0 atom stereocenters. The lowest BCUT2D eigenvalue weighted by Crippen LogP contribution is -2.41. The highest BCUT2D eigenvalue weighted by Crippen LogP contribution is 2.26. The van der Waals surface area contributed by atoms with Gasteiger partial charge in [0, 0.05) is 35.3 Å². The van der Waals surface area contributed by atoms with Gasteiger partial charge in [-0.2, -0.15) is 4.31 Å². The standard InChI is InChI=1S/C20H22ClN3O4S/c1-13-12-17(29(27,28)24-10-8-14(9-11-24)19(22)25)6-7-18(13)23-20(26)15-2-4-16(21)5-3-15/h2-7,12,14H,8-11H2,1H3,(H2,22,25)(H,23,26). The average Bonchev–Trinajstić information content (AvgIpc) is 2.70. The van der Waals surface area contributed by atoms with Crippen molar-refractivity contribution in [3.63, 3.8) is 0 Å². The van der Waals surface area contributed by atoms with Gasteiger partial charge in [0.1, 0.15) is 0 Å². The number of anilines is 1. The van der Waals surface area contributed by atoms with Crippen LogP contribution in [0.4, 0.5) is 5.69 Å². The smallest absolute Gasteiger partial charge is 0.255 e. The molecule has 1 heterocycles. The summed E-state index contributed by atoms with van der Waals surface area (Å²) in [5.41, 5.74) is 6.91. The monoisotopic (exact) mass is 435 g/mol. The van der Waals surface area contributed by atoms with E-state index >= 15 is 0 Å². The molecule has 1 fully saturated rings. The number of carbonyl (C=O) groups is 2. The molecule has 0 saturated carbocycles. The third-order valence-electron chi connectivity index (χ3n) is 5.05. The third-order valence-corrected chi connectivity index (χ3v) is 7.19. The topological polar surface area (TPSA) is 110 Å². The molecule has 1 aliphatic rings. The zero-order valence-corrected chi connectivity index (χ0v) is 17.5. The van der Waals surface area contributed by atoms with Crippen LogP contribution in [0.5, 0.6) is 0 Å². The number of benzene rings is 2. The quantitative estimate of drug-likeness (QED) is 0.752. The van der Waals surface area contributed by atoms with Crippen LogP contribution in [-0.2, 0) is 14.8 Å². The van der Waals surface area contributed by atoms with Crippen LogP contribution in [0, 0.1) is 12.8 Å². The van der Waals surface area contributed by atoms with E-state index in [4.69, 9.17) is 17.3 Å². The van der Waals surface area contributed by atoms with E-state index in [0.717, 1.165) is 0 Å². The molecule has 7 nitrogen and oxygen atoms in total. The van der Waals surface area contributed by atoms with Gasteiger partial charge in [-0.3, -0.25) is 9.59 Å². The first kappa shape index (κ1) is 21.3. The van der Waals surface area contributed by atoms with E-state index in [2.05, 4.69) is 5.32 Å². The van der Waals surface area contributed by atoms with Crippen LogP contribution >= 0.6 is 11.6 Å². The Hall–Kier alpha value is -2.42. The molecule has 2 amide bonds. The van der Waals surface area contributed by atoms with Crippen LogP contribution in [0.1, 0.15) is 28.8 Å². The van der Waals surface area contributed by atoms with Crippen LogP contribution < -0.4 is 11.1 Å². The van der Waals surface area contributed by atoms with Crippen LogP contribution in [0.2, 0.25) is 5.02 Å². The molecule has 9 heteroatoms. The molecule has 29 heavy (non-hydrogen) atoms. The Bertz CT molecular complexity index is 1030. The van der Waals surface area contributed by atoms with Crippen molar-refractivity contribution in [3.05, 3.63) is 58.6 Å². The second kappa shape index (κ2) is 8.52. The zero-order chi connectivity index (χ0) is 21.2. The molecule has 0 unspecified atom stereocenters. The van der Waals surface area contributed by atoms with Crippen molar-refractivity contribution in [3.8, 4) is 0 Å². The summed E-state index contributed by atoms with van der Waals surface area (Å²) in [5.74, 6) is -0.985. The maximum atomic E-state index is 12.9. The Balaban J connectivity index is 1.74. The summed E-state index contributed by atoms with van der Waals surface area (Å²) in [7, 11) is -3.68. The molecular formula is C20H22ClN3O4S. The van der Waals surface area contributed by atoms with Crippen molar-refractivity contribution in [2.24, 2.45) is 11.7 Å². The molecule has 3 N–H and O–H groups in total. The molecule has 2 aromatic rings. The number of sulfonamides is 1. The van der Waals surface area contributed by atoms with Gasteiger partial charge in [-0.05, 0) is 67.8 Å². The molecule has 0 bridgehead atoms. The Morgan fingerprint density at radius 3 is 2.28 bits per heavy atom. The number of nitrogens with two attached hydrogens (primary N) is 1. The first-order valence-corrected chi connectivity index (χ1v) is 11.0. The van der Waals surface area contributed by atoms with Gasteiger partial charge in [0.05, 0.1) is 4.90 Å². The van der Waals surface area contributed by atoms with Crippen molar-refractivity contribution in [2.45, 2.75) is 24.7 Å². The van der Waals surface area contributed by atoms with E-state index in [1.807, 2.05) is 0 Å². The predicted molar refractivity (Wildman–Crippen MR) is 111 cm³/mol. The number of halogens is 1. The lowest BCUT2D eigenvalue weighted by Gasteiger charge is -2.29. The summed E-state index contributed by atoms with van der Waals surface area (Å²) in [6, 6.07) is 11.1. The number of hydrogen-bond acceptors (Lipinski definition) is 4. The van der Waals surface area contributed by atoms with E-state index < -0.39 is 15.9 Å². The number of amides is 2. The molecule has 3 rings (SSSR count). The van der Waals surface area contributed by atoms with E-state index in [9.17, 15) is 18.0 Å². The van der Waals surface area contributed by atoms with Gasteiger partial charge >= 0.3 is 0 Å². The van der Waals surface area contributed by atoms with Crippen molar-refractivity contribution in [1.29, 1.82) is 0 Å². The predicted octanol–water partition coefficient (Wildman–Crippen LogP) is 2.79. The van der Waals surface area contributed by atoms with E-state index in [1.165, 1.54) is 16.4 Å². The second-order valence-electron chi connectivity index (χ2n) is 7.02. The van der Waals surface area contributed by atoms with Crippen molar-refractivity contribution < 1.29 is 18.0 Å². The molecule has 2 aromatic carbocycles. The molecule has 1 saturated heterocycles. The van der Waals surface area contributed by atoms with Crippen LogP contribution in [0.15, 0.2) is 47.4 Å². The second-order valence-corrected chi connectivity index (χ2v) is 9.39. The van der Waals surface area contributed by atoms with E-state index in [0.29, 0.717) is 34.7 Å². The van der Waals surface area contributed by atoms with E-state index in [-0.39, 0.29) is 29.8 Å². The summed E-state index contributed by atoms with van der Waals surface area (Å²) in [5, 5.41) is 3.31. The minimum atomic E-state index is -3.68. The number of nitrogens with zero attached hydrogens (tertiary/aromatic N) is 1. The molecule has 0 aliphatic carbocycles. The lowest BCUT2D eigenvalue weighted by molar-refractivity contribution is -0.122. The number of hydrogen-bond donors (Lipinski definition) is 2. The van der Waals surface area contributed by atoms with Crippen molar-refractivity contribution in [2.75, 3.05) is 18.4 Å². The molecule has 154 valence electrons. The molecule has 0 aromatic heterocycles. The highest BCUT2D eigenvalue weighted by atomic mass is 35.5. The van der Waals surface area contributed by atoms with Gasteiger partial charge in [-0.1, -0.05) is 11.6 Å². The Labute approximate surface area is 174 Å². The molecule has 0 radical (unpaired) electrons. The summed E-state index contributed by atoms with van der Waals surface area (Å²) in [6.45, 7) is 2.24. The highest BCUT2D eigenvalue weighted by molar-refractivity contribution is 7.89. The summed E-state index contributed by atoms with van der Waals surface area (Å²) in [4.78, 5) is 23.8. The van der Waals surface area contributed by atoms with Crippen molar-refractivity contribution >= 4 is 39.1 Å². The largest absolute Gasteiger partial charge is 0.369 e. The molecule has 0 spiro atoms. The third kappa shape index (κ3) is 4.77. The number of aryl methyl sites for hydroxylation is 1. The van der Waals surface area contributed by atoms with Crippen LogP contribution in [0.3, 0.4) is 0 Å². The summed E-state index contributed by atoms with van der Waals surface area (Å²) >= 11 is 5.83. The summed E-state index contributed by atoms with van der Waals surface area (Å²) < 4.78 is 27.2. The highest BCUT2D eigenvalue weighted by Gasteiger charge is 2.31. The zero-order valence-electron chi connectivity index (χ0n) is 15.9. The molecular weight excluding hydrogens is 414 g/mol. The van der Waals surface area contributed by atoms with Gasteiger partial charge in [0.15, 0.2) is 0 Å². The Kier molecular flexibility index (Phi) is 6.26. The fourth-order valence-corrected chi connectivity index (χ4v) is 4.94. The van der Waals surface area contributed by atoms with Gasteiger partial charge < -0.3 is 11.1 Å². The van der Waals surface area contributed by atoms with E-state index in [1.54, 1.807) is 37.3 Å². The fourth-order valence-electron chi connectivity index (χ4n) is 3.26. The minimum Gasteiger partial charge on any atom is -0.369 e. The van der Waals surface area contributed by atoms with Crippen LogP contribution in [-0.4, -0.2) is 37.6 Å². The number of rotatable bonds is 5. The van der Waals surface area contributed by atoms with Crippen LogP contribution in [0.25, 0.3) is 0 Å². The maximum absolute atomic E-state index is 12.9. The molecule has 1 aliphatic heterocycles. The normalized spacial score (nSPS) is 15.8. The fraction of sp³-hybridized carbons (Fsp3) is 0.300. The number of piperidine rings is 1. The number of carbonyl (C=O) groups excluding carboxylic acids is 2. The average molecular weight is 436 g/mol. The van der Waals surface area contributed by atoms with Gasteiger partial charge in [-0.15, -0.1) is 0 Å². The first-order chi connectivity index (χ1) is 13.7. The Morgan fingerprint density at radius 1 is 1.10 bits per heavy atom. The maximum Gasteiger partial charge on any atom is 0.255 e. The minimum absolute atomic E-state index is 0.150.